The molecule has 1 rings (SSSR count). The summed E-state index contributed by atoms with van der Waals surface area (Å²) in [6.45, 7) is 12.2. The maximum Gasteiger partial charge on any atom is 0.239 e. The van der Waals surface area contributed by atoms with Gasteiger partial charge in [-0.15, -0.1) is 11.8 Å². The minimum absolute atomic E-state index is 0.0135. The second kappa shape index (κ2) is 7.86. The highest BCUT2D eigenvalue weighted by molar-refractivity contribution is 8.00. The van der Waals surface area contributed by atoms with E-state index in [1.165, 1.54) is 17.3 Å². The first kappa shape index (κ1) is 19.6. The number of rotatable bonds is 5. The smallest absolute Gasteiger partial charge is 0.239 e. The molecule has 0 unspecified atom stereocenters. The van der Waals surface area contributed by atoms with Crippen LogP contribution in [0, 0.1) is 0 Å². The van der Waals surface area contributed by atoms with Crippen LogP contribution in [0.5, 0.6) is 0 Å². The Hall–Kier alpha value is -1.49. The van der Waals surface area contributed by atoms with E-state index in [1.54, 1.807) is 0 Å². The standard InChI is InChI=1S/C18H28N2O2S/c1-17(2,3)13-7-9-14(10-8-13)23-12-16(22)19-11-15(21)20-18(4,5)6/h7-10H,11-12H2,1-6H3,(H,19,22)(H,20,21). The highest BCUT2D eigenvalue weighted by Crippen LogP contribution is 2.25. The monoisotopic (exact) mass is 336 g/mol. The molecule has 2 N–H and O–H groups in total. The predicted molar refractivity (Wildman–Crippen MR) is 96.8 cm³/mol. The Morgan fingerprint density at radius 2 is 1.52 bits per heavy atom. The van der Waals surface area contributed by atoms with Crippen LogP contribution >= 0.6 is 11.8 Å². The molecular formula is C18H28N2O2S. The molecule has 0 saturated carbocycles. The molecule has 0 bridgehead atoms. The van der Waals surface area contributed by atoms with Crippen molar-refractivity contribution in [2.24, 2.45) is 0 Å². The van der Waals surface area contributed by atoms with Gasteiger partial charge in [-0.1, -0.05) is 32.9 Å². The van der Waals surface area contributed by atoms with Gasteiger partial charge in [0.15, 0.2) is 0 Å². The van der Waals surface area contributed by atoms with Gasteiger partial charge >= 0.3 is 0 Å². The molecule has 2 amide bonds. The van der Waals surface area contributed by atoms with Crippen LogP contribution in [-0.4, -0.2) is 29.7 Å². The van der Waals surface area contributed by atoms with Crippen molar-refractivity contribution in [3.8, 4) is 0 Å². The SMILES string of the molecule is CC(C)(C)NC(=O)CNC(=O)CSc1ccc(C(C)(C)C)cc1. The van der Waals surface area contributed by atoms with E-state index in [0.717, 1.165) is 4.90 Å². The van der Waals surface area contributed by atoms with Crippen LogP contribution in [0.4, 0.5) is 0 Å². The third kappa shape index (κ3) is 8.07. The number of thioether (sulfide) groups is 1. The van der Waals surface area contributed by atoms with Gasteiger partial charge in [-0.2, -0.15) is 0 Å². The number of carbonyl (C=O) groups is 2. The van der Waals surface area contributed by atoms with Crippen molar-refractivity contribution in [2.75, 3.05) is 12.3 Å². The van der Waals surface area contributed by atoms with E-state index in [1.807, 2.05) is 32.9 Å². The Morgan fingerprint density at radius 3 is 2.00 bits per heavy atom. The fourth-order valence-corrected chi connectivity index (χ4v) is 2.62. The molecule has 4 nitrogen and oxygen atoms in total. The first-order chi connectivity index (χ1) is 10.5. The van der Waals surface area contributed by atoms with Crippen LogP contribution in [-0.2, 0) is 15.0 Å². The third-order valence-corrected chi connectivity index (χ3v) is 4.06. The van der Waals surface area contributed by atoms with Crippen molar-refractivity contribution in [1.29, 1.82) is 0 Å². The fourth-order valence-electron chi connectivity index (χ4n) is 1.89. The van der Waals surface area contributed by atoms with Crippen molar-refractivity contribution in [2.45, 2.75) is 57.4 Å². The molecule has 1 aromatic rings. The van der Waals surface area contributed by atoms with Crippen molar-refractivity contribution in [3.05, 3.63) is 29.8 Å². The van der Waals surface area contributed by atoms with E-state index in [2.05, 4.69) is 43.5 Å². The lowest BCUT2D eigenvalue weighted by molar-refractivity contribution is -0.125. The fraction of sp³-hybridized carbons (Fsp3) is 0.556. The summed E-state index contributed by atoms with van der Waals surface area (Å²) in [5.74, 6) is -0.0122. The molecule has 0 aliphatic heterocycles. The summed E-state index contributed by atoms with van der Waals surface area (Å²) in [6, 6.07) is 8.25. The van der Waals surface area contributed by atoms with Gasteiger partial charge in [0.2, 0.25) is 11.8 Å². The number of amides is 2. The topological polar surface area (TPSA) is 58.2 Å². The largest absolute Gasteiger partial charge is 0.350 e. The Bertz CT molecular complexity index is 540. The molecule has 0 fully saturated rings. The summed E-state index contributed by atoms with van der Waals surface area (Å²) in [5, 5.41) is 5.45. The highest BCUT2D eigenvalue weighted by Gasteiger charge is 2.15. The van der Waals surface area contributed by atoms with E-state index in [-0.39, 0.29) is 29.3 Å². The Balaban J connectivity index is 2.38. The van der Waals surface area contributed by atoms with Crippen LogP contribution in [0.2, 0.25) is 0 Å². The Labute approximate surface area is 143 Å². The third-order valence-electron chi connectivity index (χ3n) is 3.05. The van der Waals surface area contributed by atoms with Gasteiger partial charge in [-0.05, 0) is 43.9 Å². The average molecular weight is 337 g/mol. The van der Waals surface area contributed by atoms with Gasteiger partial charge in [0.25, 0.3) is 0 Å². The molecule has 0 spiro atoms. The van der Waals surface area contributed by atoms with E-state index in [0.29, 0.717) is 5.75 Å². The second-order valence-electron chi connectivity index (χ2n) is 7.64. The quantitative estimate of drug-likeness (QED) is 0.812. The Kier molecular flexibility index (Phi) is 6.69. The lowest BCUT2D eigenvalue weighted by Crippen LogP contribution is -2.46. The van der Waals surface area contributed by atoms with E-state index in [9.17, 15) is 9.59 Å². The zero-order valence-electron chi connectivity index (χ0n) is 14.9. The molecule has 0 radical (unpaired) electrons. The van der Waals surface area contributed by atoms with Crippen LogP contribution in [0.3, 0.4) is 0 Å². The molecule has 1 aromatic carbocycles. The minimum Gasteiger partial charge on any atom is -0.350 e. The van der Waals surface area contributed by atoms with Crippen molar-refractivity contribution in [3.63, 3.8) is 0 Å². The maximum atomic E-state index is 11.8. The summed E-state index contributed by atoms with van der Waals surface area (Å²) in [4.78, 5) is 24.5. The van der Waals surface area contributed by atoms with Crippen molar-refractivity contribution < 1.29 is 9.59 Å². The minimum atomic E-state index is -0.286. The lowest BCUT2D eigenvalue weighted by Gasteiger charge is -2.20. The van der Waals surface area contributed by atoms with Gasteiger partial charge in [-0.3, -0.25) is 9.59 Å². The molecule has 0 saturated heterocycles. The number of hydrogen-bond donors (Lipinski definition) is 2. The molecule has 0 aliphatic rings. The summed E-state index contributed by atoms with van der Waals surface area (Å²) < 4.78 is 0. The number of hydrogen-bond acceptors (Lipinski definition) is 3. The van der Waals surface area contributed by atoms with E-state index >= 15 is 0 Å². The molecule has 0 aromatic heterocycles. The van der Waals surface area contributed by atoms with Crippen LogP contribution < -0.4 is 10.6 Å². The Morgan fingerprint density at radius 1 is 0.957 bits per heavy atom. The molecule has 5 heteroatoms. The van der Waals surface area contributed by atoms with Gasteiger partial charge < -0.3 is 10.6 Å². The average Bonchev–Trinajstić information content (AvgIpc) is 2.40. The zero-order valence-corrected chi connectivity index (χ0v) is 15.8. The molecule has 0 aliphatic carbocycles. The van der Waals surface area contributed by atoms with Crippen LogP contribution in [0.15, 0.2) is 29.2 Å². The van der Waals surface area contributed by atoms with Crippen molar-refractivity contribution in [1.82, 2.24) is 10.6 Å². The molecule has 0 heterocycles. The summed E-state index contributed by atoms with van der Waals surface area (Å²) in [5.41, 5.74) is 1.11. The molecular weight excluding hydrogens is 308 g/mol. The van der Waals surface area contributed by atoms with Crippen LogP contribution in [0.1, 0.15) is 47.1 Å². The predicted octanol–water partition coefficient (Wildman–Crippen LogP) is 3.11. The van der Waals surface area contributed by atoms with Crippen molar-refractivity contribution >= 4 is 23.6 Å². The first-order valence-corrected chi connectivity index (χ1v) is 8.77. The second-order valence-corrected chi connectivity index (χ2v) is 8.69. The molecule has 23 heavy (non-hydrogen) atoms. The number of benzene rings is 1. The number of carbonyl (C=O) groups excluding carboxylic acids is 2. The molecule has 0 atom stereocenters. The molecule has 128 valence electrons. The van der Waals surface area contributed by atoms with Gasteiger partial charge in [0, 0.05) is 10.4 Å². The summed E-state index contributed by atoms with van der Waals surface area (Å²) >= 11 is 1.47. The number of nitrogens with one attached hydrogen (secondary N) is 2. The van der Waals surface area contributed by atoms with E-state index in [4.69, 9.17) is 0 Å². The highest BCUT2D eigenvalue weighted by atomic mass is 32.2. The van der Waals surface area contributed by atoms with Gasteiger partial charge in [0.1, 0.15) is 0 Å². The van der Waals surface area contributed by atoms with Crippen LogP contribution in [0.25, 0.3) is 0 Å². The van der Waals surface area contributed by atoms with Gasteiger partial charge in [0.05, 0.1) is 12.3 Å². The van der Waals surface area contributed by atoms with Gasteiger partial charge in [-0.25, -0.2) is 0 Å². The lowest BCUT2D eigenvalue weighted by atomic mass is 9.87. The normalized spacial score (nSPS) is 11.9. The zero-order chi connectivity index (χ0) is 17.7. The summed E-state index contributed by atoms with van der Waals surface area (Å²) in [6.07, 6.45) is 0. The summed E-state index contributed by atoms with van der Waals surface area (Å²) in [7, 11) is 0. The van der Waals surface area contributed by atoms with E-state index < -0.39 is 0 Å². The maximum absolute atomic E-state index is 11.8. The first-order valence-electron chi connectivity index (χ1n) is 7.78.